The summed E-state index contributed by atoms with van der Waals surface area (Å²) >= 11 is 0. The first kappa shape index (κ1) is 14.5. The first-order chi connectivity index (χ1) is 11.1. The second kappa shape index (κ2) is 6.15. The van der Waals surface area contributed by atoms with Crippen LogP contribution >= 0.6 is 0 Å². The SMILES string of the molecule is O=C(O)c1cccc(Nc2nc(-c3ccccc3)cc(=O)[nH]2)c1. The van der Waals surface area contributed by atoms with E-state index in [-0.39, 0.29) is 17.1 Å². The van der Waals surface area contributed by atoms with Gasteiger partial charge in [0, 0.05) is 17.3 Å². The molecule has 3 N–H and O–H groups in total. The number of anilines is 2. The molecule has 3 aromatic rings. The van der Waals surface area contributed by atoms with E-state index in [9.17, 15) is 9.59 Å². The van der Waals surface area contributed by atoms with Crippen molar-refractivity contribution in [2.45, 2.75) is 0 Å². The summed E-state index contributed by atoms with van der Waals surface area (Å²) in [5.74, 6) is -0.771. The molecule has 6 heteroatoms. The zero-order valence-corrected chi connectivity index (χ0v) is 12.0. The fraction of sp³-hybridized carbons (Fsp3) is 0. The molecule has 114 valence electrons. The van der Waals surface area contributed by atoms with E-state index in [1.165, 1.54) is 18.2 Å². The van der Waals surface area contributed by atoms with Gasteiger partial charge in [-0.2, -0.15) is 0 Å². The van der Waals surface area contributed by atoms with Crippen molar-refractivity contribution in [3.63, 3.8) is 0 Å². The van der Waals surface area contributed by atoms with Crippen molar-refractivity contribution in [2.75, 3.05) is 5.32 Å². The Morgan fingerprint density at radius 2 is 1.83 bits per heavy atom. The molecule has 0 saturated heterocycles. The van der Waals surface area contributed by atoms with Gasteiger partial charge in [-0.05, 0) is 18.2 Å². The fourth-order valence-electron chi connectivity index (χ4n) is 2.14. The average molecular weight is 307 g/mol. The monoisotopic (exact) mass is 307 g/mol. The Morgan fingerprint density at radius 1 is 1.04 bits per heavy atom. The topological polar surface area (TPSA) is 95.1 Å². The minimum atomic E-state index is -1.02. The van der Waals surface area contributed by atoms with E-state index >= 15 is 0 Å². The van der Waals surface area contributed by atoms with Crippen LogP contribution in [0.4, 0.5) is 11.6 Å². The molecule has 1 heterocycles. The highest BCUT2D eigenvalue weighted by molar-refractivity contribution is 5.89. The number of carbonyl (C=O) groups is 1. The quantitative estimate of drug-likeness (QED) is 0.689. The lowest BCUT2D eigenvalue weighted by Gasteiger charge is -2.08. The van der Waals surface area contributed by atoms with E-state index in [1.54, 1.807) is 12.1 Å². The van der Waals surface area contributed by atoms with Crippen LogP contribution in [0.3, 0.4) is 0 Å². The smallest absolute Gasteiger partial charge is 0.335 e. The lowest BCUT2D eigenvalue weighted by Crippen LogP contribution is -2.10. The predicted octanol–water partition coefficient (Wildman–Crippen LogP) is 2.88. The summed E-state index contributed by atoms with van der Waals surface area (Å²) in [6, 6.07) is 17.0. The second-order valence-electron chi connectivity index (χ2n) is 4.86. The van der Waals surface area contributed by atoms with Gasteiger partial charge in [0.15, 0.2) is 0 Å². The average Bonchev–Trinajstić information content (AvgIpc) is 2.55. The molecule has 0 aliphatic heterocycles. The molecule has 0 aliphatic rings. The fourth-order valence-corrected chi connectivity index (χ4v) is 2.14. The lowest BCUT2D eigenvalue weighted by molar-refractivity contribution is 0.0697. The Hall–Kier alpha value is -3.41. The maximum atomic E-state index is 11.8. The molecule has 2 aromatic carbocycles. The summed E-state index contributed by atoms with van der Waals surface area (Å²) in [7, 11) is 0. The summed E-state index contributed by atoms with van der Waals surface area (Å²) < 4.78 is 0. The molecule has 0 saturated carbocycles. The zero-order chi connectivity index (χ0) is 16.2. The van der Waals surface area contributed by atoms with Gasteiger partial charge in [0.1, 0.15) is 0 Å². The Labute approximate surface area is 131 Å². The van der Waals surface area contributed by atoms with Crippen LogP contribution in [0.1, 0.15) is 10.4 Å². The van der Waals surface area contributed by atoms with Crippen molar-refractivity contribution in [3.05, 3.63) is 76.6 Å². The Kier molecular flexibility index (Phi) is 3.88. The number of nitrogens with one attached hydrogen (secondary N) is 2. The predicted molar refractivity (Wildman–Crippen MR) is 87.0 cm³/mol. The van der Waals surface area contributed by atoms with Crippen molar-refractivity contribution in [2.24, 2.45) is 0 Å². The number of hydrogen-bond acceptors (Lipinski definition) is 4. The summed E-state index contributed by atoms with van der Waals surface area (Å²) in [4.78, 5) is 29.8. The van der Waals surface area contributed by atoms with Crippen LogP contribution in [0.15, 0.2) is 65.5 Å². The van der Waals surface area contributed by atoms with Gasteiger partial charge in [0.25, 0.3) is 5.56 Å². The number of H-pyrrole nitrogens is 1. The molecule has 0 bridgehead atoms. The van der Waals surface area contributed by atoms with Gasteiger partial charge >= 0.3 is 5.97 Å². The number of aromatic nitrogens is 2. The lowest BCUT2D eigenvalue weighted by atomic mass is 10.1. The summed E-state index contributed by atoms with van der Waals surface area (Å²) in [5, 5.41) is 11.9. The minimum Gasteiger partial charge on any atom is -0.478 e. The minimum absolute atomic E-state index is 0.150. The molecule has 6 nitrogen and oxygen atoms in total. The number of benzene rings is 2. The molecule has 0 amide bonds. The zero-order valence-electron chi connectivity index (χ0n) is 12.0. The first-order valence-electron chi connectivity index (χ1n) is 6.89. The van der Waals surface area contributed by atoms with Crippen molar-refractivity contribution in [1.82, 2.24) is 9.97 Å². The number of rotatable bonds is 4. The van der Waals surface area contributed by atoms with Crippen LogP contribution in [0.2, 0.25) is 0 Å². The molecule has 1 aromatic heterocycles. The van der Waals surface area contributed by atoms with Crippen molar-refractivity contribution < 1.29 is 9.90 Å². The van der Waals surface area contributed by atoms with E-state index in [4.69, 9.17) is 5.11 Å². The van der Waals surface area contributed by atoms with Crippen LogP contribution < -0.4 is 10.9 Å². The van der Waals surface area contributed by atoms with Crippen LogP contribution in [0.5, 0.6) is 0 Å². The van der Waals surface area contributed by atoms with Gasteiger partial charge in [-0.1, -0.05) is 36.4 Å². The Balaban J connectivity index is 1.95. The molecule has 3 rings (SSSR count). The number of aromatic carboxylic acids is 1. The van der Waals surface area contributed by atoms with Gasteiger partial charge in [-0.15, -0.1) is 0 Å². The summed E-state index contributed by atoms with van der Waals surface area (Å²) in [6.45, 7) is 0. The third kappa shape index (κ3) is 3.44. The summed E-state index contributed by atoms with van der Waals surface area (Å²) in [6.07, 6.45) is 0. The standard InChI is InChI=1S/C17H13N3O3/c21-15-10-14(11-5-2-1-3-6-11)19-17(20-15)18-13-8-4-7-12(9-13)16(22)23/h1-10H,(H,22,23)(H2,18,19,20,21). The number of aromatic amines is 1. The van der Waals surface area contributed by atoms with Crippen molar-refractivity contribution >= 4 is 17.6 Å². The molecule has 0 radical (unpaired) electrons. The number of carboxylic acid groups (broad SMARTS) is 1. The molecule has 0 atom stereocenters. The van der Waals surface area contributed by atoms with Crippen LogP contribution in [-0.4, -0.2) is 21.0 Å². The normalized spacial score (nSPS) is 10.3. The third-order valence-electron chi connectivity index (χ3n) is 3.18. The number of nitrogens with zero attached hydrogens (tertiary/aromatic N) is 1. The molecule has 0 aliphatic carbocycles. The second-order valence-corrected chi connectivity index (χ2v) is 4.86. The van der Waals surface area contributed by atoms with E-state index in [2.05, 4.69) is 15.3 Å². The highest BCUT2D eigenvalue weighted by atomic mass is 16.4. The van der Waals surface area contributed by atoms with E-state index < -0.39 is 5.97 Å². The maximum absolute atomic E-state index is 11.8. The van der Waals surface area contributed by atoms with Gasteiger partial charge in [0.05, 0.1) is 11.3 Å². The Morgan fingerprint density at radius 3 is 2.57 bits per heavy atom. The van der Waals surface area contributed by atoms with E-state index in [0.29, 0.717) is 11.4 Å². The van der Waals surface area contributed by atoms with Crippen LogP contribution in [-0.2, 0) is 0 Å². The maximum Gasteiger partial charge on any atom is 0.335 e. The van der Waals surface area contributed by atoms with Crippen molar-refractivity contribution in [1.29, 1.82) is 0 Å². The van der Waals surface area contributed by atoms with Crippen LogP contribution in [0.25, 0.3) is 11.3 Å². The van der Waals surface area contributed by atoms with Gasteiger partial charge in [-0.25, -0.2) is 9.78 Å². The van der Waals surface area contributed by atoms with Crippen LogP contribution in [0, 0.1) is 0 Å². The first-order valence-corrected chi connectivity index (χ1v) is 6.89. The molecular formula is C17H13N3O3. The van der Waals surface area contributed by atoms with Gasteiger partial charge < -0.3 is 10.4 Å². The third-order valence-corrected chi connectivity index (χ3v) is 3.18. The van der Waals surface area contributed by atoms with E-state index in [1.807, 2.05) is 30.3 Å². The van der Waals surface area contributed by atoms with Crippen molar-refractivity contribution in [3.8, 4) is 11.3 Å². The highest BCUT2D eigenvalue weighted by Gasteiger charge is 2.06. The largest absolute Gasteiger partial charge is 0.478 e. The van der Waals surface area contributed by atoms with Gasteiger partial charge in [-0.3, -0.25) is 9.78 Å². The highest BCUT2D eigenvalue weighted by Crippen LogP contribution is 2.18. The summed E-state index contributed by atoms with van der Waals surface area (Å²) in [5.41, 5.74) is 1.73. The van der Waals surface area contributed by atoms with Gasteiger partial charge in [0.2, 0.25) is 5.95 Å². The molecule has 0 unspecified atom stereocenters. The Bertz CT molecular complexity index is 904. The molecule has 23 heavy (non-hydrogen) atoms. The molecule has 0 spiro atoms. The van der Waals surface area contributed by atoms with E-state index in [0.717, 1.165) is 5.56 Å². The molecule has 0 fully saturated rings. The number of hydrogen-bond donors (Lipinski definition) is 3. The number of carboxylic acids is 1. The molecular weight excluding hydrogens is 294 g/mol.